The molecule has 0 radical (unpaired) electrons. The van der Waals surface area contributed by atoms with E-state index in [0.717, 1.165) is 5.56 Å². The van der Waals surface area contributed by atoms with Crippen molar-refractivity contribution in [3.63, 3.8) is 0 Å². The van der Waals surface area contributed by atoms with Crippen LogP contribution in [0.15, 0.2) is 41.3 Å². The van der Waals surface area contributed by atoms with Crippen LogP contribution in [0.3, 0.4) is 0 Å². The van der Waals surface area contributed by atoms with Gasteiger partial charge < -0.3 is 19.7 Å². The van der Waals surface area contributed by atoms with E-state index in [1.807, 2.05) is 0 Å². The first-order valence-electron chi connectivity index (χ1n) is 7.74. The molecule has 2 N–H and O–H groups in total. The number of amides is 2. The van der Waals surface area contributed by atoms with Gasteiger partial charge in [0.05, 0.1) is 14.2 Å². The standard InChI is InChI=1S/C17H19N3O5S/c1-20-10-11-8-12(4-6-14(11)18-17(20)21)19-26(22,23)16-7-5-13(24-2)9-15(16)25-3/h4-9,19H,10H2,1-3H3,(H,18,21). The minimum Gasteiger partial charge on any atom is -0.497 e. The number of benzene rings is 2. The Labute approximate surface area is 151 Å². The number of fused-ring (bicyclic) bond motifs is 1. The molecule has 138 valence electrons. The maximum absolute atomic E-state index is 12.8. The third-order valence-corrected chi connectivity index (χ3v) is 5.43. The van der Waals surface area contributed by atoms with E-state index in [1.165, 1.54) is 31.3 Å². The van der Waals surface area contributed by atoms with Gasteiger partial charge in [0.25, 0.3) is 10.0 Å². The highest BCUT2D eigenvalue weighted by atomic mass is 32.2. The zero-order valence-electron chi connectivity index (χ0n) is 14.6. The summed E-state index contributed by atoms with van der Waals surface area (Å²) in [4.78, 5) is 13.2. The molecule has 2 aromatic carbocycles. The van der Waals surface area contributed by atoms with Crippen LogP contribution in [0.2, 0.25) is 0 Å². The Morgan fingerprint density at radius 3 is 2.58 bits per heavy atom. The van der Waals surface area contributed by atoms with Crippen LogP contribution >= 0.6 is 0 Å². The number of hydrogen-bond donors (Lipinski definition) is 2. The molecule has 0 bridgehead atoms. The topological polar surface area (TPSA) is 97.0 Å². The SMILES string of the molecule is COc1ccc(S(=O)(=O)Nc2ccc3c(c2)CN(C)C(=O)N3)c(OC)c1. The molecular formula is C17H19N3O5S. The molecule has 0 spiro atoms. The molecule has 2 aromatic rings. The van der Waals surface area contributed by atoms with Crippen LogP contribution < -0.4 is 19.5 Å². The number of rotatable bonds is 5. The van der Waals surface area contributed by atoms with Crippen LogP contribution in [0.1, 0.15) is 5.56 Å². The number of anilines is 2. The van der Waals surface area contributed by atoms with Crippen molar-refractivity contribution < 1.29 is 22.7 Å². The highest BCUT2D eigenvalue weighted by molar-refractivity contribution is 7.92. The fourth-order valence-electron chi connectivity index (χ4n) is 2.65. The molecule has 1 aliphatic rings. The molecule has 0 unspecified atom stereocenters. The summed E-state index contributed by atoms with van der Waals surface area (Å²) in [5, 5.41) is 2.74. The van der Waals surface area contributed by atoms with Crippen LogP contribution in [0.25, 0.3) is 0 Å². The third kappa shape index (κ3) is 3.38. The lowest BCUT2D eigenvalue weighted by Gasteiger charge is -2.26. The van der Waals surface area contributed by atoms with Crippen LogP contribution in [-0.2, 0) is 16.6 Å². The Hall–Kier alpha value is -2.94. The molecule has 1 heterocycles. The molecular weight excluding hydrogens is 358 g/mol. The number of ether oxygens (including phenoxy) is 2. The number of urea groups is 1. The number of methoxy groups -OCH3 is 2. The predicted octanol–water partition coefficient (Wildman–Crippen LogP) is 2.48. The Kier molecular flexibility index (Phi) is 4.64. The van der Waals surface area contributed by atoms with Crippen molar-refractivity contribution >= 4 is 27.4 Å². The molecule has 0 saturated heterocycles. The number of carbonyl (C=O) groups is 1. The van der Waals surface area contributed by atoms with Crippen molar-refractivity contribution in [2.75, 3.05) is 31.3 Å². The minimum atomic E-state index is -3.86. The summed E-state index contributed by atoms with van der Waals surface area (Å²) < 4.78 is 38.3. The Morgan fingerprint density at radius 2 is 1.88 bits per heavy atom. The van der Waals surface area contributed by atoms with E-state index < -0.39 is 10.0 Å². The highest BCUT2D eigenvalue weighted by Gasteiger charge is 2.23. The number of carbonyl (C=O) groups excluding carboxylic acids is 1. The molecule has 0 atom stereocenters. The average Bonchev–Trinajstić information content (AvgIpc) is 2.62. The van der Waals surface area contributed by atoms with Gasteiger partial charge in [-0.3, -0.25) is 4.72 Å². The number of nitrogens with zero attached hydrogens (tertiary/aromatic N) is 1. The van der Waals surface area contributed by atoms with Crippen molar-refractivity contribution in [3.05, 3.63) is 42.0 Å². The van der Waals surface area contributed by atoms with Gasteiger partial charge in [0.2, 0.25) is 0 Å². The van der Waals surface area contributed by atoms with E-state index in [9.17, 15) is 13.2 Å². The van der Waals surface area contributed by atoms with Crippen LogP contribution in [-0.4, -0.2) is 40.6 Å². The maximum atomic E-state index is 12.8. The summed E-state index contributed by atoms with van der Waals surface area (Å²) in [6.07, 6.45) is 0. The van der Waals surface area contributed by atoms with Crippen molar-refractivity contribution in [3.8, 4) is 11.5 Å². The van der Waals surface area contributed by atoms with Crippen molar-refractivity contribution in [2.24, 2.45) is 0 Å². The molecule has 2 amide bonds. The predicted molar refractivity (Wildman–Crippen MR) is 97.3 cm³/mol. The van der Waals surface area contributed by atoms with Gasteiger partial charge >= 0.3 is 6.03 Å². The second-order valence-electron chi connectivity index (χ2n) is 5.78. The first-order valence-corrected chi connectivity index (χ1v) is 9.22. The molecule has 0 fully saturated rings. The lowest BCUT2D eigenvalue weighted by molar-refractivity contribution is 0.218. The largest absolute Gasteiger partial charge is 0.497 e. The maximum Gasteiger partial charge on any atom is 0.321 e. The smallest absolute Gasteiger partial charge is 0.321 e. The molecule has 26 heavy (non-hydrogen) atoms. The van der Waals surface area contributed by atoms with Crippen molar-refractivity contribution in [1.82, 2.24) is 4.90 Å². The van der Waals surface area contributed by atoms with Gasteiger partial charge in [0, 0.05) is 31.0 Å². The molecule has 3 rings (SSSR count). The molecule has 1 aliphatic heterocycles. The van der Waals surface area contributed by atoms with Gasteiger partial charge in [-0.1, -0.05) is 0 Å². The summed E-state index contributed by atoms with van der Waals surface area (Å²) in [5.41, 5.74) is 1.87. The van der Waals surface area contributed by atoms with E-state index in [4.69, 9.17) is 9.47 Å². The van der Waals surface area contributed by atoms with Crippen LogP contribution in [0.5, 0.6) is 11.5 Å². The minimum absolute atomic E-state index is 0.00365. The first kappa shape index (κ1) is 17.9. The van der Waals surface area contributed by atoms with Crippen LogP contribution in [0, 0.1) is 0 Å². The monoisotopic (exact) mass is 377 g/mol. The zero-order valence-corrected chi connectivity index (χ0v) is 15.4. The fraction of sp³-hybridized carbons (Fsp3) is 0.235. The molecule has 8 nitrogen and oxygen atoms in total. The normalized spacial score (nSPS) is 13.7. The van der Waals surface area contributed by atoms with Crippen molar-refractivity contribution in [1.29, 1.82) is 0 Å². The van der Waals surface area contributed by atoms with E-state index in [1.54, 1.807) is 31.3 Å². The number of nitrogens with one attached hydrogen (secondary N) is 2. The van der Waals surface area contributed by atoms with E-state index in [-0.39, 0.29) is 16.7 Å². The second kappa shape index (κ2) is 6.75. The Morgan fingerprint density at radius 1 is 1.12 bits per heavy atom. The summed E-state index contributed by atoms with van der Waals surface area (Å²) in [7, 11) is 0.685. The first-order chi connectivity index (χ1) is 12.3. The summed E-state index contributed by atoms with van der Waals surface area (Å²) in [5.74, 6) is 0.676. The Balaban J connectivity index is 1.91. The lowest BCUT2D eigenvalue weighted by atomic mass is 10.1. The van der Waals surface area contributed by atoms with Gasteiger partial charge in [0.15, 0.2) is 0 Å². The zero-order chi connectivity index (χ0) is 18.9. The molecule has 0 saturated carbocycles. The third-order valence-electron chi connectivity index (χ3n) is 4.01. The Bertz CT molecular complexity index is 959. The van der Waals surface area contributed by atoms with Crippen molar-refractivity contribution in [2.45, 2.75) is 11.4 Å². The average molecular weight is 377 g/mol. The number of hydrogen-bond acceptors (Lipinski definition) is 5. The van der Waals surface area contributed by atoms with E-state index in [0.29, 0.717) is 23.7 Å². The summed E-state index contributed by atoms with van der Waals surface area (Å²) in [6, 6.07) is 9.24. The van der Waals surface area contributed by atoms with E-state index >= 15 is 0 Å². The highest BCUT2D eigenvalue weighted by Crippen LogP contribution is 2.31. The lowest BCUT2D eigenvalue weighted by Crippen LogP contribution is -2.35. The van der Waals surface area contributed by atoms with Gasteiger partial charge in [-0.05, 0) is 35.9 Å². The molecule has 0 aliphatic carbocycles. The van der Waals surface area contributed by atoms with Gasteiger partial charge in [-0.25, -0.2) is 13.2 Å². The summed E-state index contributed by atoms with van der Waals surface area (Å²) in [6.45, 7) is 0.391. The van der Waals surface area contributed by atoms with Gasteiger partial charge in [-0.15, -0.1) is 0 Å². The molecule has 9 heteroatoms. The van der Waals surface area contributed by atoms with E-state index in [2.05, 4.69) is 10.0 Å². The second-order valence-corrected chi connectivity index (χ2v) is 7.43. The summed E-state index contributed by atoms with van der Waals surface area (Å²) >= 11 is 0. The van der Waals surface area contributed by atoms with Gasteiger partial charge in [-0.2, -0.15) is 0 Å². The fourth-order valence-corrected chi connectivity index (χ4v) is 3.86. The van der Waals surface area contributed by atoms with Crippen LogP contribution in [0.4, 0.5) is 16.2 Å². The van der Waals surface area contributed by atoms with Gasteiger partial charge in [0.1, 0.15) is 16.4 Å². The molecule has 0 aromatic heterocycles. The quantitative estimate of drug-likeness (QED) is 0.834. The number of sulfonamides is 1.